The molecule has 1 aliphatic heterocycles. The van der Waals surface area contributed by atoms with Gasteiger partial charge in [0.1, 0.15) is 5.75 Å². The van der Waals surface area contributed by atoms with Crippen LogP contribution in [0.3, 0.4) is 0 Å². The fourth-order valence-corrected chi connectivity index (χ4v) is 6.11. The van der Waals surface area contributed by atoms with E-state index in [4.69, 9.17) is 25.5 Å². The minimum atomic E-state index is -3.67. The molecule has 5 unspecified atom stereocenters. The molecule has 1 spiro atoms. The first-order chi connectivity index (χ1) is 15.3. The molecule has 1 saturated carbocycles. The van der Waals surface area contributed by atoms with Crippen molar-refractivity contribution in [1.29, 1.82) is 0 Å². The van der Waals surface area contributed by atoms with Crippen LogP contribution in [0.4, 0.5) is 0 Å². The minimum Gasteiger partial charge on any atom is -0.429 e. The van der Waals surface area contributed by atoms with Gasteiger partial charge in [0.15, 0.2) is 5.60 Å². The first kappa shape index (κ1) is 23.1. The standard InChI is InChI=1S/C24H24O6P2/c1-4-5-6-7-10-18-15-17(2)21-13-9-14-22(18)23(21)24(27-3,30-29-23)19-11-8-12-20(16-19)28-32(25,26)31/h1,8,11-12,15-16,18,21-22,25-26,31H,9,13-14H2,2-3H3. The summed E-state index contributed by atoms with van der Waals surface area (Å²) in [6.45, 7) is 2.08. The maximum Gasteiger partial charge on any atom is 0.322 e. The monoisotopic (exact) mass is 470 g/mol. The SMILES string of the molecule is C#CC#CC#CC1C=C(C)C2CCCC1C21OOC1(OC)c1cccc(OP(O)(O)=P)c1. The molecule has 1 aromatic rings. The molecule has 1 aromatic carbocycles. The summed E-state index contributed by atoms with van der Waals surface area (Å²) < 4.78 is 11.3. The molecule has 5 atom stereocenters. The van der Waals surface area contributed by atoms with E-state index in [1.807, 2.05) is 6.07 Å². The molecule has 1 heterocycles. The van der Waals surface area contributed by atoms with Gasteiger partial charge < -0.3 is 19.0 Å². The van der Waals surface area contributed by atoms with Gasteiger partial charge in [0, 0.05) is 30.4 Å². The van der Waals surface area contributed by atoms with E-state index in [-0.39, 0.29) is 23.5 Å². The van der Waals surface area contributed by atoms with Gasteiger partial charge in [-0.3, -0.25) is 0 Å². The number of ether oxygens (including phenoxy) is 1. The van der Waals surface area contributed by atoms with Crippen molar-refractivity contribution in [3.63, 3.8) is 0 Å². The molecule has 4 rings (SSSR count). The molecule has 3 aliphatic rings. The van der Waals surface area contributed by atoms with Crippen LogP contribution in [0.2, 0.25) is 0 Å². The van der Waals surface area contributed by atoms with Crippen LogP contribution in [-0.4, -0.2) is 22.5 Å². The van der Waals surface area contributed by atoms with Gasteiger partial charge >= 0.3 is 7.23 Å². The Hall–Kier alpha value is -2.03. The van der Waals surface area contributed by atoms with Crippen LogP contribution in [-0.2, 0) is 20.3 Å². The van der Waals surface area contributed by atoms with Crippen molar-refractivity contribution in [3.05, 3.63) is 41.5 Å². The van der Waals surface area contributed by atoms with Gasteiger partial charge in [0.25, 0.3) is 5.79 Å². The first-order valence-electron chi connectivity index (χ1n) is 10.2. The highest BCUT2D eigenvalue weighted by Gasteiger charge is 2.75. The third kappa shape index (κ3) is 3.72. The zero-order valence-electron chi connectivity index (χ0n) is 17.8. The summed E-state index contributed by atoms with van der Waals surface area (Å²) in [7, 11) is 0.737. The van der Waals surface area contributed by atoms with Gasteiger partial charge in [-0.15, -0.1) is 6.42 Å². The quantitative estimate of drug-likeness (QED) is 0.300. The summed E-state index contributed by atoms with van der Waals surface area (Å²) in [5.41, 5.74) is 1.03. The summed E-state index contributed by atoms with van der Waals surface area (Å²) in [6.07, 6.45) is 10.2. The molecule has 2 aliphatic carbocycles. The lowest BCUT2D eigenvalue weighted by molar-refractivity contribution is -0.639. The van der Waals surface area contributed by atoms with Crippen molar-refractivity contribution < 1.29 is 28.8 Å². The van der Waals surface area contributed by atoms with Crippen molar-refractivity contribution in [2.24, 2.45) is 17.8 Å². The lowest BCUT2D eigenvalue weighted by Gasteiger charge is -2.65. The highest BCUT2D eigenvalue weighted by Crippen LogP contribution is 2.65. The van der Waals surface area contributed by atoms with Crippen LogP contribution >= 0.6 is 15.8 Å². The van der Waals surface area contributed by atoms with Crippen LogP contribution < -0.4 is 4.52 Å². The Morgan fingerprint density at radius 1 is 1.22 bits per heavy atom. The maximum atomic E-state index is 9.68. The van der Waals surface area contributed by atoms with Crippen LogP contribution in [0, 0.1) is 53.8 Å². The highest BCUT2D eigenvalue weighted by molar-refractivity contribution is 7.88. The first-order valence-corrected chi connectivity index (χ1v) is 13.2. The van der Waals surface area contributed by atoms with Gasteiger partial charge in [-0.1, -0.05) is 36.1 Å². The van der Waals surface area contributed by atoms with E-state index < -0.39 is 18.6 Å². The summed E-state index contributed by atoms with van der Waals surface area (Å²) in [5.74, 6) is 12.6. The van der Waals surface area contributed by atoms with Crippen molar-refractivity contribution in [2.75, 3.05) is 7.11 Å². The van der Waals surface area contributed by atoms with E-state index in [0.29, 0.717) is 5.56 Å². The van der Waals surface area contributed by atoms with Crippen molar-refractivity contribution in [3.8, 4) is 41.8 Å². The third-order valence-electron chi connectivity index (χ3n) is 6.48. The fraction of sp³-hybridized carbons (Fsp3) is 0.417. The Morgan fingerprint density at radius 3 is 2.69 bits per heavy atom. The van der Waals surface area contributed by atoms with Crippen molar-refractivity contribution in [1.82, 2.24) is 0 Å². The molecular formula is C24H24O6P2. The van der Waals surface area contributed by atoms with E-state index in [0.717, 1.165) is 24.8 Å². The van der Waals surface area contributed by atoms with Gasteiger partial charge in [-0.25, -0.2) is 4.89 Å². The number of terminal acetylenes is 1. The number of allylic oxidation sites excluding steroid dienone is 1. The topological polar surface area (TPSA) is 77.4 Å². The van der Waals surface area contributed by atoms with Crippen LogP contribution in [0.1, 0.15) is 31.7 Å². The molecule has 2 bridgehead atoms. The zero-order valence-corrected chi connectivity index (χ0v) is 19.7. The molecule has 8 heteroatoms. The predicted octanol–water partition coefficient (Wildman–Crippen LogP) is 4.00. The number of methoxy groups -OCH3 is 1. The average Bonchev–Trinajstić information content (AvgIpc) is 2.73. The molecule has 2 fully saturated rings. The summed E-state index contributed by atoms with van der Waals surface area (Å²) in [5, 5.41) is 0. The molecule has 6 nitrogen and oxygen atoms in total. The van der Waals surface area contributed by atoms with Crippen molar-refractivity contribution >= 4 is 15.8 Å². The summed E-state index contributed by atoms with van der Waals surface area (Å²) in [6, 6.07) is 6.91. The predicted molar refractivity (Wildman–Crippen MR) is 123 cm³/mol. The number of rotatable bonds is 4. The van der Waals surface area contributed by atoms with E-state index >= 15 is 0 Å². The Balaban J connectivity index is 1.80. The van der Waals surface area contributed by atoms with E-state index in [1.165, 1.54) is 0 Å². The Bertz CT molecular complexity index is 1150. The smallest absolute Gasteiger partial charge is 0.322 e. The van der Waals surface area contributed by atoms with Crippen LogP contribution in [0.15, 0.2) is 35.9 Å². The molecule has 0 aromatic heterocycles. The number of hydrogen-bond donors (Lipinski definition) is 2. The van der Waals surface area contributed by atoms with E-state index in [1.54, 1.807) is 25.3 Å². The Labute approximate surface area is 190 Å². The largest absolute Gasteiger partial charge is 0.429 e. The van der Waals surface area contributed by atoms with Gasteiger partial charge in [0.05, 0.1) is 0 Å². The van der Waals surface area contributed by atoms with E-state index in [2.05, 4.69) is 51.1 Å². The third-order valence-corrected chi connectivity index (χ3v) is 7.22. The van der Waals surface area contributed by atoms with Crippen LogP contribution in [0.25, 0.3) is 0 Å². The fourth-order valence-electron chi connectivity index (χ4n) is 5.38. The lowest BCUT2D eigenvalue weighted by Crippen LogP contribution is -2.75. The summed E-state index contributed by atoms with van der Waals surface area (Å²) >= 11 is 0. The zero-order chi connectivity index (χ0) is 23.0. The van der Waals surface area contributed by atoms with Gasteiger partial charge in [0.2, 0.25) is 0 Å². The maximum absolute atomic E-state index is 9.68. The summed E-state index contributed by atoms with van der Waals surface area (Å²) in [4.78, 5) is 31.1. The normalized spacial score (nSPS) is 32.8. The molecular weight excluding hydrogens is 446 g/mol. The second-order valence-corrected chi connectivity index (χ2v) is 11.2. The highest BCUT2D eigenvalue weighted by atomic mass is 31.8. The second-order valence-electron chi connectivity index (χ2n) is 8.13. The minimum absolute atomic E-state index is 0.00133. The molecule has 1 saturated heterocycles. The Kier molecular flexibility index (Phi) is 6.31. The molecule has 32 heavy (non-hydrogen) atoms. The lowest BCUT2D eigenvalue weighted by atomic mass is 9.53. The van der Waals surface area contributed by atoms with Gasteiger partial charge in [-0.05, 0) is 64.1 Å². The molecule has 166 valence electrons. The Morgan fingerprint density at radius 2 is 2.03 bits per heavy atom. The average molecular weight is 470 g/mol. The number of hydrogen-bond acceptors (Lipinski definition) is 4. The molecule has 0 radical (unpaired) electrons. The van der Waals surface area contributed by atoms with Crippen LogP contribution in [0.5, 0.6) is 5.75 Å². The molecule has 2 N–H and O–H groups in total. The van der Waals surface area contributed by atoms with E-state index in [9.17, 15) is 9.79 Å². The number of benzene rings is 1. The molecule has 0 amide bonds. The van der Waals surface area contributed by atoms with Crippen molar-refractivity contribution in [2.45, 2.75) is 37.6 Å². The van der Waals surface area contributed by atoms with Gasteiger partial charge in [-0.2, -0.15) is 4.89 Å². The second kappa shape index (κ2) is 8.72.